The molecule has 0 atom stereocenters. The fourth-order valence-electron chi connectivity index (χ4n) is 3.41. The maximum Gasteiger partial charge on any atom is 0.222 e. The summed E-state index contributed by atoms with van der Waals surface area (Å²) in [5.74, 6) is 0.318. The number of nitrogens with zero attached hydrogens (tertiary/aromatic N) is 2. The molecule has 0 radical (unpaired) electrons. The molecular formula is C24H51IN2O. The summed E-state index contributed by atoms with van der Waals surface area (Å²) in [6, 6.07) is 0. The molecule has 0 aromatic carbocycles. The van der Waals surface area contributed by atoms with E-state index in [2.05, 4.69) is 28.1 Å². The van der Waals surface area contributed by atoms with Crippen LogP contribution in [0.15, 0.2) is 0 Å². The lowest BCUT2D eigenvalue weighted by molar-refractivity contribution is -0.869. The predicted molar refractivity (Wildman–Crippen MR) is 120 cm³/mol. The molecular weight excluding hydrogens is 459 g/mol. The number of unbranched alkanes of at least 4 members (excludes halogenated alkanes) is 14. The number of carbonyl (C=O) groups is 1. The van der Waals surface area contributed by atoms with E-state index < -0.39 is 0 Å². The van der Waals surface area contributed by atoms with Crippen LogP contribution in [0.3, 0.4) is 0 Å². The Morgan fingerprint density at radius 2 is 1.04 bits per heavy atom. The van der Waals surface area contributed by atoms with Gasteiger partial charge in [-0.25, -0.2) is 0 Å². The monoisotopic (exact) mass is 510 g/mol. The quantitative estimate of drug-likeness (QED) is 0.148. The van der Waals surface area contributed by atoms with E-state index >= 15 is 0 Å². The third-order valence-electron chi connectivity index (χ3n) is 5.53. The minimum absolute atomic E-state index is 0. The van der Waals surface area contributed by atoms with Crippen LogP contribution < -0.4 is 24.0 Å². The van der Waals surface area contributed by atoms with Crippen molar-refractivity contribution >= 4 is 5.91 Å². The lowest BCUT2D eigenvalue weighted by atomic mass is 10.0. The highest BCUT2D eigenvalue weighted by Crippen LogP contribution is 2.14. The maximum atomic E-state index is 12.1. The maximum absolute atomic E-state index is 12.1. The Bertz CT molecular complexity index is 342. The summed E-state index contributed by atoms with van der Waals surface area (Å²) in [5, 5.41) is 0. The summed E-state index contributed by atoms with van der Waals surface area (Å²) in [5.41, 5.74) is 0. The first-order valence-corrected chi connectivity index (χ1v) is 11.9. The van der Waals surface area contributed by atoms with Crippen molar-refractivity contribution in [2.45, 2.75) is 110 Å². The molecule has 4 heteroatoms. The zero-order chi connectivity index (χ0) is 20.4. The first-order chi connectivity index (χ1) is 12.9. The van der Waals surface area contributed by atoms with Crippen molar-refractivity contribution in [3.8, 4) is 0 Å². The summed E-state index contributed by atoms with van der Waals surface area (Å²) in [4.78, 5) is 14.0. The standard InChI is InChI=1S/C24H51N2O.HI/c1-6-7-8-9-10-11-12-13-14-15-16-17-18-19-20-21-24(27)25(2)22-23-26(3,4)5;/h6-23H2,1-5H3;1H/q+1;/p-1. The van der Waals surface area contributed by atoms with Gasteiger partial charge in [-0.05, 0) is 6.42 Å². The zero-order valence-electron chi connectivity index (χ0n) is 19.9. The van der Waals surface area contributed by atoms with Gasteiger partial charge < -0.3 is 33.4 Å². The van der Waals surface area contributed by atoms with Crippen LogP contribution in [0, 0.1) is 0 Å². The van der Waals surface area contributed by atoms with Crippen LogP contribution in [-0.2, 0) is 4.79 Å². The molecule has 0 fully saturated rings. The molecule has 0 aromatic rings. The molecule has 0 unspecified atom stereocenters. The average Bonchev–Trinajstić information content (AvgIpc) is 2.62. The fraction of sp³-hybridized carbons (Fsp3) is 0.958. The summed E-state index contributed by atoms with van der Waals surface area (Å²) in [6.45, 7) is 4.16. The number of amides is 1. The second kappa shape index (κ2) is 20.4. The molecule has 0 spiro atoms. The molecule has 0 saturated heterocycles. The van der Waals surface area contributed by atoms with Gasteiger partial charge >= 0.3 is 0 Å². The molecule has 0 bridgehead atoms. The zero-order valence-corrected chi connectivity index (χ0v) is 22.1. The van der Waals surface area contributed by atoms with Crippen LogP contribution in [0.4, 0.5) is 0 Å². The normalized spacial score (nSPS) is 11.3. The number of rotatable bonds is 19. The van der Waals surface area contributed by atoms with Gasteiger partial charge in [0.25, 0.3) is 0 Å². The molecule has 0 heterocycles. The minimum atomic E-state index is 0. The van der Waals surface area contributed by atoms with E-state index in [-0.39, 0.29) is 24.0 Å². The first-order valence-electron chi connectivity index (χ1n) is 11.9. The topological polar surface area (TPSA) is 20.3 Å². The molecule has 0 aliphatic rings. The highest BCUT2D eigenvalue weighted by Gasteiger charge is 2.13. The van der Waals surface area contributed by atoms with Gasteiger partial charge in [0.1, 0.15) is 0 Å². The van der Waals surface area contributed by atoms with Crippen LogP contribution in [0.25, 0.3) is 0 Å². The number of quaternary nitrogens is 1. The van der Waals surface area contributed by atoms with Crippen molar-refractivity contribution in [2.75, 3.05) is 41.3 Å². The number of hydrogen-bond donors (Lipinski definition) is 0. The fourth-order valence-corrected chi connectivity index (χ4v) is 3.41. The summed E-state index contributed by atoms with van der Waals surface area (Å²) in [6.07, 6.45) is 21.3. The Balaban J connectivity index is 0. The lowest BCUT2D eigenvalue weighted by Gasteiger charge is -2.27. The molecule has 0 rings (SSSR count). The Morgan fingerprint density at radius 3 is 1.39 bits per heavy atom. The van der Waals surface area contributed by atoms with Crippen molar-refractivity contribution in [1.82, 2.24) is 4.90 Å². The number of likely N-dealkylation sites (N-methyl/N-ethyl adjacent to an activating group) is 2. The van der Waals surface area contributed by atoms with Gasteiger partial charge in [-0.2, -0.15) is 0 Å². The highest BCUT2D eigenvalue weighted by molar-refractivity contribution is 5.75. The van der Waals surface area contributed by atoms with Crippen LogP contribution in [0.5, 0.6) is 0 Å². The molecule has 3 nitrogen and oxygen atoms in total. The van der Waals surface area contributed by atoms with Crippen molar-refractivity contribution < 1.29 is 33.3 Å². The van der Waals surface area contributed by atoms with Gasteiger partial charge in [-0.3, -0.25) is 4.79 Å². The number of carbonyl (C=O) groups excluding carboxylic acids is 1. The third-order valence-corrected chi connectivity index (χ3v) is 5.53. The van der Waals surface area contributed by atoms with E-state index in [9.17, 15) is 4.79 Å². The summed E-state index contributed by atoms with van der Waals surface area (Å²) in [7, 11) is 8.47. The molecule has 0 aliphatic carbocycles. The molecule has 1 amide bonds. The number of hydrogen-bond acceptors (Lipinski definition) is 1. The second-order valence-electron chi connectivity index (χ2n) is 9.53. The van der Waals surface area contributed by atoms with E-state index in [1.807, 2.05) is 11.9 Å². The van der Waals surface area contributed by atoms with E-state index in [4.69, 9.17) is 0 Å². The Kier molecular flexibility index (Phi) is 22.2. The van der Waals surface area contributed by atoms with Crippen LogP contribution >= 0.6 is 0 Å². The summed E-state index contributed by atoms with van der Waals surface area (Å²) >= 11 is 0. The van der Waals surface area contributed by atoms with Gasteiger partial charge in [0.05, 0.1) is 34.2 Å². The lowest BCUT2D eigenvalue weighted by Crippen LogP contribution is -3.00. The second-order valence-corrected chi connectivity index (χ2v) is 9.53. The SMILES string of the molecule is CCCCCCCCCCCCCCCCCC(=O)N(C)CC[N+](C)(C)C.[I-]. The van der Waals surface area contributed by atoms with Crippen LogP contribution in [0.1, 0.15) is 110 Å². The van der Waals surface area contributed by atoms with Gasteiger partial charge in [-0.1, -0.05) is 96.8 Å². The van der Waals surface area contributed by atoms with Crippen molar-refractivity contribution in [3.63, 3.8) is 0 Å². The number of halogens is 1. The molecule has 0 aliphatic heterocycles. The smallest absolute Gasteiger partial charge is 0.222 e. The highest BCUT2D eigenvalue weighted by atomic mass is 127. The van der Waals surface area contributed by atoms with E-state index in [0.717, 1.165) is 30.4 Å². The van der Waals surface area contributed by atoms with Crippen molar-refractivity contribution in [1.29, 1.82) is 0 Å². The van der Waals surface area contributed by atoms with Crippen LogP contribution in [0.2, 0.25) is 0 Å². The van der Waals surface area contributed by atoms with Gasteiger partial charge in [0, 0.05) is 13.5 Å². The largest absolute Gasteiger partial charge is 1.00 e. The minimum Gasteiger partial charge on any atom is -1.00 e. The van der Waals surface area contributed by atoms with Crippen LogP contribution in [-0.4, -0.2) is 56.6 Å². The third kappa shape index (κ3) is 22.4. The van der Waals surface area contributed by atoms with E-state index in [0.29, 0.717) is 5.91 Å². The Labute approximate surface area is 194 Å². The molecule has 0 N–H and O–H groups in total. The predicted octanol–water partition coefficient (Wildman–Crippen LogP) is 3.42. The van der Waals surface area contributed by atoms with Crippen molar-refractivity contribution in [3.05, 3.63) is 0 Å². The molecule has 170 valence electrons. The van der Waals surface area contributed by atoms with Gasteiger partial charge in [-0.15, -0.1) is 0 Å². The molecule has 0 saturated carbocycles. The Morgan fingerprint density at radius 1 is 0.679 bits per heavy atom. The summed E-state index contributed by atoms with van der Waals surface area (Å²) < 4.78 is 0.913. The molecule has 0 aromatic heterocycles. The average molecular weight is 511 g/mol. The van der Waals surface area contributed by atoms with Gasteiger partial charge in [0.15, 0.2) is 0 Å². The van der Waals surface area contributed by atoms with Crippen molar-refractivity contribution in [2.24, 2.45) is 0 Å². The van der Waals surface area contributed by atoms with E-state index in [1.165, 1.54) is 89.9 Å². The van der Waals surface area contributed by atoms with E-state index in [1.54, 1.807) is 0 Å². The Hall–Kier alpha value is 0.160. The molecule has 28 heavy (non-hydrogen) atoms. The van der Waals surface area contributed by atoms with Gasteiger partial charge in [0.2, 0.25) is 5.91 Å². The first kappa shape index (κ1) is 30.4.